The van der Waals surface area contributed by atoms with Gasteiger partial charge in [0.05, 0.1) is 24.1 Å². The molecule has 0 heterocycles. The average molecular weight is 444 g/mol. The molecule has 0 saturated heterocycles. The van der Waals surface area contributed by atoms with Crippen LogP contribution in [0.5, 0.6) is 5.75 Å². The Kier molecular flexibility index (Phi) is 7.35. The zero-order valence-corrected chi connectivity index (χ0v) is 17.6. The number of anilines is 1. The number of benzene rings is 2. The average Bonchev–Trinajstić information content (AvgIpc) is 2.72. The van der Waals surface area contributed by atoms with Gasteiger partial charge in [0.2, 0.25) is 0 Å². The highest BCUT2D eigenvalue weighted by atomic mass is 32.2. The summed E-state index contributed by atoms with van der Waals surface area (Å²) in [6, 6.07) is 11.6. The van der Waals surface area contributed by atoms with Crippen LogP contribution in [0.1, 0.15) is 23.7 Å². The Bertz CT molecular complexity index is 976. The van der Waals surface area contributed by atoms with E-state index in [0.29, 0.717) is 11.4 Å². The van der Waals surface area contributed by atoms with E-state index < -0.39 is 35.1 Å². The quantitative estimate of drug-likeness (QED) is 0.619. The highest BCUT2D eigenvalue weighted by molar-refractivity contribution is 7.92. The van der Waals surface area contributed by atoms with Gasteiger partial charge in [-0.05, 0) is 49.4 Å². The topological polar surface area (TPSA) is 66.9 Å². The number of methoxy groups -OCH3 is 1. The van der Waals surface area contributed by atoms with Crippen molar-refractivity contribution < 1.29 is 31.1 Å². The third-order valence-electron chi connectivity index (χ3n) is 4.51. The van der Waals surface area contributed by atoms with Gasteiger partial charge in [-0.2, -0.15) is 13.2 Å². The molecule has 30 heavy (non-hydrogen) atoms. The Morgan fingerprint density at radius 1 is 1.10 bits per heavy atom. The molecule has 0 N–H and O–H groups in total. The minimum atomic E-state index is -4.39. The Hall–Kier alpha value is -2.75. The number of hydrogen-bond donors (Lipinski definition) is 0. The van der Waals surface area contributed by atoms with E-state index in [1.54, 1.807) is 31.2 Å². The molecule has 0 aliphatic rings. The SMILES string of the molecule is CCN(CCC(F)(F)F)C(=O)c1cccc(S(=O)(=O)N(C)c2ccc(OC)cc2)c1. The van der Waals surface area contributed by atoms with E-state index in [9.17, 15) is 26.4 Å². The van der Waals surface area contributed by atoms with Gasteiger partial charge in [0.15, 0.2) is 0 Å². The van der Waals surface area contributed by atoms with Crippen molar-refractivity contribution in [3.8, 4) is 5.75 Å². The molecule has 0 saturated carbocycles. The van der Waals surface area contributed by atoms with E-state index in [-0.39, 0.29) is 17.0 Å². The molecule has 0 bridgehead atoms. The first kappa shape index (κ1) is 23.5. The van der Waals surface area contributed by atoms with Crippen molar-refractivity contribution in [2.45, 2.75) is 24.4 Å². The fourth-order valence-corrected chi connectivity index (χ4v) is 3.97. The third-order valence-corrected chi connectivity index (χ3v) is 6.29. The molecule has 0 atom stereocenters. The van der Waals surface area contributed by atoms with E-state index in [4.69, 9.17) is 4.74 Å². The molecule has 0 aromatic heterocycles. The number of ether oxygens (including phenoxy) is 1. The molecule has 0 unspecified atom stereocenters. The van der Waals surface area contributed by atoms with Gasteiger partial charge in [-0.1, -0.05) is 6.07 Å². The van der Waals surface area contributed by atoms with Crippen LogP contribution in [0.2, 0.25) is 0 Å². The summed E-state index contributed by atoms with van der Waals surface area (Å²) in [7, 11) is -1.13. The fraction of sp³-hybridized carbons (Fsp3) is 0.350. The molecule has 2 aromatic carbocycles. The van der Waals surface area contributed by atoms with Gasteiger partial charge in [0.25, 0.3) is 15.9 Å². The summed E-state index contributed by atoms with van der Waals surface area (Å²) < 4.78 is 69.6. The van der Waals surface area contributed by atoms with Crippen LogP contribution in [0.3, 0.4) is 0 Å². The second-order valence-corrected chi connectivity index (χ2v) is 8.42. The predicted octanol–water partition coefficient (Wildman–Crippen LogP) is 3.93. The van der Waals surface area contributed by atoms with E-state index in [1.165, 1.54) is 38.4 Å². The monoisotopic (exact) mass is 444 g/mol. The van der Waals surface area contributed by atoms with Crippen LogP contribution in [0.15, 0.2) is 53.4 Å². The van der Waals surface area contributed by atoms with Crippen LogP contribution < -0.4 is 9.04 Å². The number of sulfonamides is 1. The van der Waals surface area contributed by atoms with Crippen molar-refractivity contribution in [3.63, 3.8) is 0 Å². The van der Waals surface area contributed by atoms with Gasteiger partial charge < -0.3 is 9.64 Å². The van der Waals surface area contributed by atoms with Crippen molar-refractivity contribution in [1.82, 2.24) is 4.90 Å². The van der Waals surface area contributed by atoms with Crippen LogP contribution in [-0.4, -0.2) is 52.6 Å². The smallest absolute Gasteiger partial charge is 0.390 e. The van der Waals surface area contributed by atoms with E-state index in [1.807, 2.05) is 0 Å². The van der Waals surface area contributed by atoms with Gasteiger partial charge in [-0.25, -0.2) is 8.42 Å². The lowest BCUT2D eigenvalue weighted by Gasteiger charge is -2.23. The molecule has 1 amide bonds. The van der Waals surface area contributed by atoms with Crippen molar-refractivity contribution in [2.75, 3.05) is 31.6 Å². The Labute approximate surface area is 173 Å². The minimum absolute atomic E-state index is 0.00299. The molecule has 0 fully saturated rings. The number of carbonyl (C=O) groups is 1. The molecule has 164 valence electrons. The lowest BCUT2D eigenvalue weighted by atomic mass is 10.2. The molecule has 2 rings (SSSR count). The summed E-state index contributed by atoms with van der Waals surface area (Å²) in [4.78, 5) is 13.5. The highest BCUT2D eigenvalue weighted by Crippen LogP contribution is 2.25. The van der Waals surface area contributed by atoms with Gasteiger partial charge in [0, 0.05) is 25.7 Å². The molecule has 0 aliphatic heterocycles. The molecule has 0 spiro atoms. The summed E-state index contributed by atoms with van der Waals surface area (Å²) in [5, 5.41) is 0. The molecule has 0 aliphatic carbocycles. The van der Waals surface area contributed by atoms with Crippen LogP contribution in [0.25, 0.3) is 0 Å². The number of halogens is 3. The second-order valence-electron chi connectivity index (χ2n) is 6.45. The number of hydrogen-bond acceptors (Lipinski definition) is 4. The van der Waals surface area contributed by atoms with Crippen LogP contribution >= 0.6 is 0 Å². The molecule has 10 heteroatoms. The second kappa shape index (κ2) is 9.38. The molecular weight excluding hydrogens is 421 g/mol. The zero-order valence-electron chi connectivity index (χ0n) is 16.8. The van der Waals surface area contributed by atoms with Gasteiger partial charge in [0.1, 0.15) is 5.75 Å². The molecule has 6 nitrogen and oxygen atoms in total. The van der Waals surface area contributed by atoms with Crippen molar-refractivity contribution in [1.29, 1.82) is 0 Å². The summed E-state index contributed by atoms with van der Waals surface area (Å²) in [5.41, 5.74) is 0.385. The number of amides is 1. The highest BCUT2D eigenvalue weighted by Gasteiger charge is 2.29. The zero-order chi connectivity index (χ0) is 22.5. The van der Waals surface area contributed by atoms with Crippen LogP contribution in [-0.2, 0) is 10.0 Å². The first-order valence-electron chi connectivity index (χ1n) is 9.08. The number of nitrogens with zero attached hydrogens (tertiary/aromatic N) is 2. The van der Waals surface area contributed by atoms with E-state index in [2.05, 4.69) is 0 Å². The Balaban J connectivity index is 2.28. The number of rotatable bonds is 8. The van der Waals surface area contributed by atoms with Crippen LogP contribution in [0, 0.1) is 0 Å². The Morgan fingerprint density at radius 2 is 1.73 bits per heavy atom. The first-order chi connectivity index (χ1) is 14.0. The predicted molar refractivity (Wildman–Crippen MR) is 107 cm³/mol. The Morgan fingerprint density at radius 3 is 2.27 bits per heavy atom. The standard InChI is InChI=1S/C20H23F3N2O4S/c1-4-25(13-12-20(21,22)23)19(26)15-6-5-7-18(14-15)30(27,28)24(2)16-8-10-17(29-3)11-9-16/h5-11,14H,4,12-13H2,1-3H3. The van der Waals surface area contributed by atoms with Gasteiger partial charge in [-0.15, -0.1) is 0 Å². The summed E-state index contributed by atoms with van der Waals surface area (Å²) in [6.07, 6.45) is -5.52. The minimum Gasteiger partial charge on any atom is -0.497 e. The van der Waals surface area contributed by atoms with Gasteiger partial charge in [-0.3, -0.25) is 9.10 Å². The van der Waals surface area contributed by atoms with Crippen LogP contribution in [0.4, 0.5) is 18.9 Å². The fourth-order valence-electron chi connectivity index (χ4n) is 2.73. The maximum atomic E-state index is 13.0. The van der Waals surface area contributed by atoms with Crippen molar-refractivity contribution in [2.24, 2.45) is 0 Å². The largest absolute Gasteiger partial charge is 0.497 e. The first-order valence-corrected chi connectivity index (χ1v) is 10.5. The number of alkyl halides is 3. The summed E-state index contributed by atoms with van der Waals surface area (Å²) in [5.74, 6) is -0.0958. The van der Waals surface area contributed by atoms with E-state index >= 15 is 0 Å². The number of carbonyl (C=O) groups excluding carboxylic acids is 1. The van der Waals surface area contributed by atoms with E-state index in [0.717, 1.165) is 9.21 Å². The lowest BCUT2D eigenvalue weighted by Crippen LogP contribution is -2.34. The van der Waals surface area contributed by atoms with Crippen molar-refractivity contribution >= 4 is 21.6 Å². The van der Waals surface area contributed by atoms with Gasteiger partial charge >= 0.3 is 6.18 Å². The third kappa shape index (κ3) is 5.65. The summed E-state index contributed by atoms with van der Waals surface area (Å²) in [6.45, 7) is 1.13. The lowest BCUT2D eigenvalue weighted by molar-refractivity contribution is -0.136. The van der Waals surface area contributed by atoms with Crippen molar-refractivity contribution in [3.05, 3.63) is 54.1 Å². The molecule has 0 radical (unpaired) electrons. The molecule has 2 aromatic rings. The summed E-state index contributed by atoms with van der Waals surface area (Å²) >= 11 is 0. The molecular formula is C20H23F3N2O4S. The maximum absolute atomic E-state index is 13.0. The normalized spacial score (nSPS) is 11.8. The maximum Gasteiger partial charge on any atom is 0.390 e.